The molecular formula is C13H11N3O3S2. The second kappa shape index (κ2) is 5.47. The zero-order valence-electron chi connectivity index (χ0n) is 11.3. The molecule has 1 aromatic carbocycles. The lowest BCUT2D eigenvalue weighted by Gasteiger charge is -2.21. The highest BCUT2D eigenvalue weighted by Crippen LogP contribution is 2.26. The lowest BCUT2D eigenvalue weighted by atomic mass is 10.3. The predicted octanol–water partition coefficient (Wildman–Crippen LogP) is 1.67. The molecule has 0 bridgehead atoms. The number of fused-ring (bicyclic) bond motifs is 1. The summed E-state index contributed by atoms with van der Waals surface area (Å²) in [6, 6.07) is 7.67. The second-order valence-electron chi connectivity index (χ2n) is 4.21. The van der Waals surface area contributed by atoms with Gasteiger partial charge in [-0.05, 0) is 16.5 Å². The van der Waals surface area contributed by atoms with Gasteiger partial charge in [0.15, 0.2) is 11.4 Å². The van der Waals surface area contributed by atoms with Crippen molar-refractivity contribution in [3.05, 3.63) is 41.0 Å². The van der Waals surface area contributed by atoms with Crippen LogP contribution in [0.1, 0.15) is 5.01 Å². The van der Waals surface area contributed by atoms with E-state index in [1.54, 1.807) is 6.08 Å². The molecule has 0 saturated carbocycles. The maximum absolute atomic E-state index is 12.0. The topological polar surface area (TPSA) is 77.8 Å². The van der Waals surface area contributed by atoms with Gasteiger partial charge < -0.3 is 9.29 Å². The van der Waals surface area contributed by atoms with Crippen LogP contribution in [0.4, 0.5) is 0 Å². The molecule has 21 heavy (non-hydrogen) atoms. The minimum Gasteiger partial charge on any atom is -0.566 e. The Kier molecular flexibility index (Phi) is 3.66. The van der Waals surface area contributed by atoms with Gasteiger partial charge in [-0.2, -0.15) is 4.31 Å². The van der Waals surface area contributed by atoms with E-state index in [9.17, 15) is 9.35 Å². The molecular weight excluding hydrogens is 310 g/mol. The van der Waals surface area contributed by atoms with Crippen molar-refractivity contribution < 1.29 is 14.1 Å². The number of hydrogen-bond donors (Lipinski definition) is 0. The molecule has 108 valence electrons. The van der Waals surface area contributed by atoms with E-state index in [0.717, 1.165) is 10.2 Å². The maximum atomic E-state index is 12.0. The average molecular weight is 321 g/mol. The van der Waals surface area contributed by atoms with Crippen molar-refractivity contribution in [1.29, 1.82) is 0 Å². The molecule has 2 heterocycles. The van der Waals surface area contributed by atoms with Gasteiger partial charge in [0.25, 0.3) is 0 Å². The number of allylic oxidation sites excluding steroid dienone is 1. The number of para-hydroxylation sites is 1. The standard InChI is InChI=1S/C13H11N3O3S2/c1-16-10(13(17)19-2)7-9(15-21(16)18)12-14-8-5-3-4-6-11(8)20-12/h3-7H,1-2H3. The number of carbonyl (C=O) groups is 1. The summed E-state index contributed by atoms with van der Waals surface area (Å²) in [5, 5.41) is 0.624. The van der Waals surface area contributed by atoms with E-state index >= 15 is 0 Å². The minimum atomic E-state index is -1.67. The number of esters is 1. The van der Waals surface area contributed by atoms with Crippen LogP contribution in [0.3, 0.4) is 0 Å². The van der Waals surface area contributed by atoms with Gasteiger partial charge in [0.05, 0.1) is 24.4 Å². The summed E-state index contributed by atoms with van der Waals surface area (Å²) >= 11 is -0.234. The molecule has 1 aliphatic rings. The monoisotopic (exact) mass is 321 g/mol. The third kappa shape index (κ3) is 2.53. The molecule has 1 atom stereocenters. The molecule has 3 rings (SSSR count). The number of nitrogens with zero attached hydrogens (tertiary/aromatic N) is 3. The second-order valence-corrected chi connectivity index (χ2v) is 6.44. The van der Waals surface area contributed by atoms with Crippen molar-refractivity contribution in [2.45, 2.75) is 0 Å². The van der Waals surface area contributed by atoms with Crippen LogP contribution in [-0.2, 0) is 21.1 Å². The summed E-state index contributed by atoms with van der Waals surface area (Å²) in [6.07, 6.45) is 1.55. The number of aromatic nitrogens is 1. The van der Waals surface area contributed by atoms with Crippen molar-refractivity contribution in [3.8, 4) is 0 Å². The Labute approximate surface area is 128 Å². The van der Waals surface area contributed by atoms with Crippen LogP contribution in [0.2, 0.25) is 0 Å². The van der Waals surface area contributed by atoms with E-state index in [4.69, 9.17) is 4.74 Å². The fraction of sp³-hybridized carbons (Fsp3) is 0.154. The smallest absolute Gasteiger partial charge is 0.359 e. The molecule has 1 unspecified atom stereocenters. The molecule has 6 nitrogen and oxygen atoms in total. The van der Waals surface area contributed by atoms with Crippen LogP contribution in [0.25, 0.3) is 10.2 Å². The molecule has 1 aromatic heterocycles. The highest BCUT2D eigenvalue weighted by Gasteiger charge is 2.31. The lowest BCUT2D eigenvalue weighted by Crippen LogP contribution is -2.33. The summed E-state index contributed by atoms with van der Waals surface area (Å²) in [5.74, 6) is -0.556. The first-order valence-corrected chi connectivity index (χ1v) is 7.88. The van der Waals surface area contributed by atoms with Gasteiger partial charge in [-0.15, -0.1) is 11.3 Å². The van der Waals surface area contributed by atoms with Crippen LogP contribution < -0.4 is 0 Å². The van der Waals surface area contributed by atoms with E-state index in [2.05, 4.69) is 9.38 Å². The quantitative estimate of drug-likeness (QED) is 0.621. The van der Waals surface area contributed by atoms with Crippen molar-refractivity contribution in [2.75, 3.05) is 14.2 Å². The SMILES string of the molecule is COC(=O)C1=CC(c2nc3ccccc3s2)=N[S+]([O-])N1C. The van der Waals surface area contributed by atoms with E-state index in [-0.39, 0.29) is 5.70 Å². The molecule has 0 amide bonds. The average Bonchev–Trinajstić information content (AvgIpc) is 2.93. The number of ether oxygens (including phenoxy) is 1. The highest BCUT2D eigenvalue weighted by molar-refractivity contribution is 7.88. The van der Waals surface area contributed by atoms with Crippen LogP contribution in [0.15, 0.2) is 40.4 Å². The third-order valence-corrected chi connectivity index (χ3v) is 5.01. The number of carbonyl (C=O) groups excluding carboxylic acids is 1. The molecule has 0 saturated heterocycles. The zero-order chi connectivity index (χ0) is 15.0. The molecule has 2 aromatic rings. The van der Waals surface area contributed by atoms with Gasteiger partial charge in [-0.25, -0.2) is 9.78 Å². The molecule has 8 heteroatoms. The Morgan fingerprint density at radius 2 is 2.19 bits per heavy atom. The summed E-state index contributed by atoms with van der Waals surface area (Å²) in [7, 11) is 2.81. The molecule has 0 N–H and O–H groups in total. The molecule has 0 radical (unpaired) electrons. The number of likely N-dealkylation sites (N-methyl/N-ethyl adjacent to an activating group) is 1. The summed E-state index contributed by atoms with van der Waals surface area (Å²) in [5.41, 5.74) is 1.46. The predicted molar refractivity (Wildman–Crippen MR) is 82.2 cm³/mol. The Morgan fingerprint density at radius 1 is 1.43 bits per heavy atom. The lowest BCUT2D eigenvalue weighted by molar-refractivity contribution is -0.137. The van der Waals surface area contributed by atoms with Crippen molar-refractivity contribution in [1.82, 2.24) is 9.29 Å². The fourth-order valence-corrected chi connectivity index (χ4v) is 3.56. The van der Waals surface area contributed by atoms with E-state index in [1.165, 1.54) is 29.8 Å². The van der Waals surface area contributed by atoms with Crippen LogP contribution >= 0.6 is 11.3 Å². The van der Waals surface area contributed by atoms with Crippen molar-refractivity contribution in [3.63, 3.8) is 0 Å². The summed E-state index contributed by atoms with van der Waals surface area (Å²) in [4.78, 5) is 16.2. The van der Waals surface area contributed by atoms with Gasteiger partial charge in [-0.1, -0.05) is 12.1 Å². The van der Waals surface area contributed by atoms with Crippen LogP contribution in [0, 0.1) is 0 Å². The molecule has 0 fully saturated rings. The Morgan fingerprint density at radius 3 is 2.90 bits per heavy atom. The van der Waals surface area contributed by atoms with Gasteiger partial charge >= 0.3 is 5.97 Å². The first kappa shape index (κ1) is 14.1. The number of benzene rings is 1. The van der Waals surface area contributed by atoms with E-state index < -0.39 is 17.5 Å². The third-order valence-electron chi connectivity index (χ3n) is 2.93. The number of methoxy groups -OCH3 is 1. The Bertz CT molecular complexity index is 736. The van der Waals surface area contributed by atoms with Gasteiger partial charge in [0.1, 0.15) is 5.01 Å². The van der Waals surface area contributed by atoms with Crippen molar-refractivity contribution in [2.24, 2.45) is 4.40 Å². The Hall–Kier alpha value is -1.90. The Balaban J connectivity index is 2.06. The molecule has 1 aliphatic heterocycles. The maximum Gasteiger partial charge on any atom is 0.359 e. The number of hydrogen-bond acceptors (Lipinski definition) is 7. The van der Waals surface area contributed by atoms with E-state index in [0.29, 0.717) is 10.7 Å². The largest absolute Gasteiger partial charge is 0.566 e. The van der Waals surface area contributed by atoms with E-state index in [1.807, 2.05) is 24.3 Å². The highest BCUT2D eigenvalue weighted by atomic mass is 32.2. The fourth-order valence-electron chi connectivity index (χ4n) is 1.85. The summed E-state index contributed by atoms with van der Waals surface area (Å²) < 4.78 is 23.0. The van der Waals surface area contributed by atoms with Gasteiger partial charge in [-0.3, -0.25) is 0 Å². The minimum absolute atomic E-state index is 0.195. The normalized spacial score (nSPS) is 18.4. The van der Waals surface area contributed by atoms with Crippen LogP contribution in [-0.4, -0.2) is 39.7 Å². The first-order chi connectivity index (χ1) is 10.1. The molecule has 0 aliphatic carbocycles. The zero-order valence-corrected chi connectivity index (χ0v) is 12.9. The molecule has 0 spiro atoms. The number of thiazole rings is 1. The van der Waals surface area contributed by atoms with Gasteiger partial charge in [0.2, 0.25) is 11.5 Å². The first-order valence-electron chi connectivity index (χ1n) is 6.00. The number of rotatable bonds is 2. The summed E-state index contributed by atoms with van der Waals surface area (Å²) in [6.45, 7) is 0. The van der Waals surface area contributed by atoms with Crippen molar-refractivity contribution >= 4 is 44.8 Å². The van der Waals surface area contributed by atoms with Crippen LogP contribution in [0.5, 0.6) is 0 Å². The van der Waals surface area contributed by atoms with Gasteiger partial charge in [0, 0.05) is 6.08 Å².